The van der Waals surface area contributed by atoms with Crippen LogP contribution in [-0.2, 0) is 4.79 Å². The molecule has 1 unspecified atom stereocenters. The fraction of sp³-hybridized carbons (Fsp3) is 0.364. The Morgan fingerprint density at radius 3 is 2.78 bits per heavy atom. The summed E-state index contributed by atoms with van der Waals surface area (Å²) in [4.78, 5) is 21.2. The summed E-state index contributed by atoms with van der Waals surface area (Å²) >= 11 is 1.99. The van der Waals surface area contributed by atoms with Gasteiger partial charge in [-0.25, -0.2) is 0 Å². The minimum absolute atomic E-state index is 0.0397. The van der Waals surface area contributed by atoms with Crippen molar-refractivity contribution < 1.29 is 14.8 Å². The molecular weight excluding hydrogens is 351 g/mol. The lowest BCUT2D eigenvalue weighted by molar-refractivity contribution is -0.384. The molecule has 0 aliphatic carbocycles. The lowest BCUT2D eigenvalue weighted by Crippen LogP contribution is -2.22. The number of hydrogen-bond donors (Lipinski definition) is 2. The van der Waals surface area contributed by atoms with Crippen molar-refractivity contribution in [1.29, 1.82) is 0 Å². The van der Waals surface area contributed by atoms with Gasteiger partial charge in [0.25, 0.3) is 5.69 Å². The second kappa shape index (κ2) is 6.53. The highest BCUT2D eigenvalue weighted by Crippen LogP contribution is 2.26. The number of anilines is 1. The first-order chi connectivity index (χ1) is 8.45. The average molecular weight is 364 g/mol. The van der Waals surface area contributed by atoms with Crippen molar-refractivity contribution in [3.63, 3.8) is 0 Å². The molecule has 7 heteroatoms. The molecule has 0 saturated heterocycles. The highest BCUT2D eigenvalue weighted by Gasteiger charge is 2.18. The number of nitrogens with zero attached hydrogens (tertiary/aromatic N) is 1. The Bertz CT molecular complexity index is 464. The van der Waals surface area contributed by atoms with E-state index in [1.807, 2.05) is 22.6 Å². The molecule has 1 atom stereocenters. The Hall–Kier alpha value is -1.38. The van der Waals surface area contributed by atoms with Gasteiger partial charge in [-0.05, 0) is 41.1 Å². The molecule has 2 N–H and O–H groups in total. The van der Waals surface area contributed by atoms with Crippen LogP contribution in [0.25, 0.3) is 0 Å². The van der Waals surface area contributed by atoms with Gasteiger partial charge in [-0.15, -0.1) is 0 Å². The molecule has 0 saturated carbocycles. The normalized spacial score (nSPS) is 11.9. The molecule has 98 valence electrons. The topological polar surface area (TPSA) is 92.5 Å². The zero-order valence-corrected chi connectivity index (χ0v) is 11.9. The van der Waals surface area contributed by atoms with E-state index in [4.69, 9.17) is 5.11 Å². The predicted octanol–water partition coefficient (Wildman–Crippen LogP) is 2.72. The lowest BCUT2D eigenvalue weighted by atomic mass is 10.1. The first-order valence-corrected chi connectivity index (χ1v) is 6.44. The Kier molecular flexibility index (Phi) is 5.32. The van der Waals surface area contributed by atoms with Crippen LogP contribution in [0.4, 0.5) is 11.4 Å². The van der Waals surface area contributed by atoms with Gasteiger partial charge in [0.2, 0.25) is 0 Å². The van der Waals surface area contributed by atoms with Crippen molar-refractivity contribution >= 4 is 39.9 Å². The third-order valence-electron chi connectivity index (χ3n) is 2.54. The molecule has 0 spiro atoms. The number of carbonyl (C=O) groups is 1. The monoisotopic (exact) mass is 364 g/mol. The number of benzene rings is 1. The van der Waals surface area contributed by atoms with E-state index in [-0.39, 0.29) is 12.2 Å². The second-order valence-electron chi connectivity index (χ2n) is 3.74. The highest BCUT2D eigenvalue weighted by molar-refractivity contribution is 14.1. The SMILES string of the molecule is CCC(CNc1ccc(I)cc1[N+](=O)[O-])C(=O)O. The molecule has 0 aliphatic rings. The molecule has 0 radical (unpaired) electrons. The standard InChI is InChI=1S/C11H13IN2O4/c1-2-7(11(15)16)6-13-9-4-3-8(12)5-10(9)14(17)18/h3-5,7,13H,2,6H2,1H3,(H,15,16). The van der Waals surface area contributed by atoms with E-state index in [9.17, 15) is 14.9 Å². The highest BCUT2D eigenvalue weighted by atomic mass is 127. The number of rotatable bonds is 6. The van der Waals surface area contributed by atoms with Gasteiger partial charge < -0.3 is 10.4 Å². The van der Waals surface area contributed by atoms with Crippen LogP contribution in [0, 0.1) is 19.6 Å². The van der Waals surface area contributed by atoms with Gasteiger partial charge >= 0.3 is 5.97 Å². The quantitative estimate of drug-likeness (QED) is 0.460. The van der Waals surface area contributed by atoms with E-state index in [0.29, 0.717) is 12.1 Å². The van der Waals surface area contributed by atoms with Gasteiger partial charge in [0, 0.05) is 16.2 Å². The van der Waals surface area contributed by atoms with Crippen LogP contribution in [-0.4, -0.2) is 22.5 Å². The zero-order chi connectivity index (χ0) is 13.7. The number of nitrogens with one attached hydrogen (secondary N) is 1. The molecular formula is C11H13IN2O4. The van der Waals surface area contributed by atoms with Crippen molar-refractivity contribution in [2.24, 2.45) is 5.92 Å². The molecule has 0 heterocycles. The Morgan fingerprint density at radius 1 is 1.61 bits per heavy atom. The number of nitro groups is 1. The molecule has 6 nitrogen and oxygen atoms in total. The zero-order valence-electron chi connectivity index (χ0n) is 9.72. The van der Waals surface area contributed by atoms with E-state index in [1.54, 1.807) is 19.1 Å². The molecule has 18 heavy (non-hydrogen) atoms. The van der Waals surface area contributed by atoms with E-state index in [0.717, 1.165) is 3.57 Å². The largest absolute Gasteiger partial charge is 0.481 e. The van der Waals surface area contributed by atoms with Crippen molar-refractivity contribution in [1.82, 2.24) is 0 Å². The summed E-state index contributed by atoms with van der Waals surface area (Å²) < 4.78 is 0.759. The maximum atomic E-state index is 10.9. The van der Waals surface area contributed by atoms with Crippen LogP contribution in [0.5, 0.6) is 0 Å². The smallest absolute Gasteiger partial charge is 0.308 e. The number of hydrogen-bond acceptors (Lipinski definition) is 4. The number of carboxylic acid groups (broad SMARTS) is 1. The van der Waals surface area contributed by atoms with Crippen molar-refractivity contribution in [3.8, 4) is 0 Å². The third-order valence-corrected chi connectivity index (χ3v) is 3.21. The Labute approximate surface area is 118 Å². The fourth-order valence-electron chi connectivity index (χ4n) is 1.44. The molecule has 0 aromatic heterocycles. The van der Waals surface area contributed by atoms with Crippen LogP contribution < -0.4 is 5.32 Å². The van der Waals surface area contributed by atoms with Gasteiger partial charge in [0.15, 0.2) is 0 Å². The van der Waals surface area contributed by atoms with E-state index >= 15 is 0 Å². The molecule has 0 fully saturated rings. The van der Waals surface area contributed by atoms with Crippen LogP contribution in [0.2, 0.25) is 0 Å². The van der Waals surface area contributed by atoms with Gasteiger partial charge in [-0.2, -0.15) is 0 Å². The van der Waals surface area contributed by atoms with Gasteiger partial charge in [0.1, 0.15) is 5.69 Å². The minimum Gasteiger partial charge on any atom is -0.481 e. The molecule has 1 rings (SSSR count). The first kappa shape index (κ1) is 14.7. The average Bonchev–Trinajstić information content (AvgIpc) is 2.30. The molecule has 0 amide bonds. The number of aliphatic carboxylic acids is 1. The molecule has 0 bridgehead atoms. The van der Waals surface area contributed by atoms with Gasteiger partial charge in [-0.3, -0.25) is 14.9 Å². The summed E-state index contributed by atoms with van der Waals surface area (Å²) in [6.45, 7) is 1.94. The summed E-state index contributed by atoms with van der Waals surface area (Å²) in [5.41, 5.74) is 0.308. The van der Waals surface area contributed by atoms with Crippen LogP contribution >= 0.6 is 22.6 Å². The van der Waals surface area contributed by atoms with Crippen LogP contribution in [0.1, 0.15) is 13.3 Å². The Balaban J connectivity index is 2.84. The number of halogens is 1. The van der Waals surface area contributed by atoms with Crippen LogP contribution in [0.3, 0.4) is 0 Å². The van der Waals surface area contributed by atoms with Crippen molar-refractivity contribution in [3.05, 3.63) is 31.9 Å². The summed E-state index contributed by atoms with van der Waals surface area (Å²) in [5, 5.41) is 22.6. The van der Waals surface area contributed by atoms with Gasteiger partial charge in [-0.1, -0.05) is 6.92 Å². The fourth-order valence-corrected chi connectivity index (χ4v) is 1.92. The summed E-state index contributed by atoms with van der Waals surface area (Å²) in [6.07, 6.45) is 0.473. The first-order valence-electron chi connectivity index (χ1n) is 5.36. The molecule has 1 aromatic carbocycles. The summed E-state index contributed by atoms with van der Waals surface area (Å²) in [7, 11) is 0. The third kappa shape index (κ3) is 3.83. The van der Waals surface area contributed by atoms with Crippen molar-refractivity contribution in [2.45, 2.75) is 13.3 Å². The number of nitro benzene ring substituents is 1. The Morgan fingerprint density at radius 2 is 2.28 bits per heavy atom. The summed E-state index contributed by atoms with van der Waals surface area (Å²) in [5.74, 6) is -1.46. The van der Waals surface area contributed by atoms with E-state index < -0.39 is 16.8 Å². The van der Waals surface area contributed by atoms with E-state index in [2.05, 4.69) is 5.32 Å². The molecule has 0 aliphatic heterocycles. The van der Waals surface area contributed by atoms with Gasteiger partial charge in [0.05, 0.1) is 10.8 Å². The minimum atomic E-state index is -0.904. The maximum absolute atomic E-state index is 10.9. The van der Waals surface area contributed by atoms with Crippen molar-refractivity contribution in [2.75, 3.05) is 11.9 Å². The predicted molar refractivity (Wildman–Crippen MR) is 75.7 cm³/mol. The second-order valence-corrected chi connectivity index (χ2v) is 4.99. The van der Waals surface area contributed by atoms with Crippen LogP contribution in [0.15, 0.2) is 18.2 Å². The lowest BCUT2D eigenvalue weighted by Gasteiger charge is -2.12. The summed E-state index contributed by atoms with van der Waals surface area (Å²) in [6, 6.07) is 4.77. The maximum Gasteiger partial charge on any atom is 0.308 e. The number of carboxylic acids is 1. The molecule has 1 aromatic rings. The van der Waals surface area contributed by atoms with E-state index in [1.165, 1.54) is 6.07 Å².